The minimum absolute atomic E-state index is 0.763. The number of hydrogen-bond acceptors (Lipinski definition) is 4. The Hall–Kier alpha value is 1.04. The number of alkyl halides is 1. The van der Waals surface area contributed by atoms with Gasteiger partial charge in [-0.1, -0.05) is 6.58 Å². The molecular formula is C10H19ClOS3. The van der Waals surface area contributed by atoms with Crippen LogP contribution in [0.2, 0.25) is 0 Å². The number of halogens is 1. The average Bonchev–Trinajstić information content (AvgIpc) is 2.26. The van der Waals surface area contributed by atoms with Crippen molar-refractivity contribution >= 4 is 46.9 Å². The molecule has 0 spiro atoms. The molecule has 0 aromatic heterocycles. The maximum atomic E-state index is 5.57. The van der Waals surface area contributed by atoms with E-state index in [1.165, 1.54) is 11.5 Å². The van der Waals surface area contributed by atoms with E-state index in [1.807, 2.05) is 28.9 Å². The molecule has 0 atom stereocenters. The van der Waals surface area contributed by atoms with Crippen molar-refractivity contribution in [1.82, 2.24) is 0 Å². The summed E-state index contributed by atoms with van der Waals surface area (Å²) in [6, 6.07) is 0. The summed E-state index contributed by atoms with van der Waals surface area (Å²) in [6.07, 6.45) is 0. The Morgan fingerprint density at radius 1 is 1.00 bits per heavy atom. The topological polar surface area (TPSA) is 9.23 Å². The third kappa shape index (κ3) is 15.0. The highest BCUT2D eigenvalue weighted by Gasteiger charge is 1.92. The van der Waals surface area contributed by atoms with Crippen LogP contribution in [-0.2, 0) is 4.74 Å². The molecule has 0 bridgehead atoms. The van der Waals surface area contributed by atoms with Gasteiger partial charge in [0.2, 0.25) is 0 Å². The van der Waals surface area contributed by atoms with Gasteiger partial charge >= 0.3 is 0 Å². The number of thioether (sulfide) groups is 3. The van der Waals surface area contributed by atoms with Crippen molar-refractivity contribution in [3.63, 3.8) is 0 Å². The number of hydrogen-bond donors (Lipinski definition) is 0. The first-order valence-electron chi connectivity index (χ1n) is 4.93. The van der Waals surface area contributed by atoms with E-state index in [4.69, 9.17) is 16.3 Å². The third-order valence-electron chi connectivity index (χ3n) is 1.43. The normalized spacial score (nSPS) is 10.5. The maximum absolute atomic E-state index is 5.57. The van der Waals surface area contributed by atoms with Crippen LogP contribution in [0.4, 0.5) is 0 Å². The average molecular weight is 287 g/mol. The second kappa shape index (κ2) is 15.0. The van der Waals surface area contributed by atoms with E-state index in [9.17, 15) is 0 Å². The van der Waals surface area contributed by atoms with Crippen LogP contribution in [0.1, 0.15) is 0 Å². The highest BCUT2D eigenvalue weighted by atomic mass is 35.5. The monoisotopic (exact) mass is 286 g/mol. The van der Waals surface area contributed by atoms with E-state index >= 15 is 0 Å². The lowest BCUT2D eigenvalue weighted by Crippen LogP contribution is -2.01. The van der Waals surface area contributed by atoms with Gasteiger partial charge in [0.1, 0.15) is 0 Å². The van der Waals surface area contributed by atoms with Gasteiger partial charge in [0.05, 0.1) is 13.2 Å². The van der Waals surface area contributed by atoms with Crippen molar-refractivity contribution in [2.45, 2.75) is 0 Å². The van der Waals surface area contributed by atoms with Crippen LogP contribution < -0.4 is 0 Å². The van der Waals surface area contributed by atoms with Gasteiger partial charge in [-0.25, -0.2) is 0 Å². The second-order valence-corrected chi connectivity index (χ2v) is 6.47. The molecule has 0 radical (unpaired) electrons. The smallest absolute Gasteiger partial charge is 0.0560 e. The summed E-state index contributed by atoms with van der Waals surface area (Å²) in [5.41, 5.74) is 0. The fourth-order valence-corrected chi connectivity index (χ4v) is 3.19. The molecule has 0 aliphatic rings. The minimum atomic E-state index is 0.763. The lowest BCUT2D eigenvalue weighted by molar-refractivity contribution is 0.167. The predicted octanol–water partition coefficient (Wildman–Crippen LogP) is 3.58. The van der Waals surface area contributed by atoms with Crippen molar-refractivity contribution in [2.24, 2.45) is 0 Å². The summed E-state index contributed by atoms with van der Waals surface area (Å²) < 4.78 is 5.45. The Morgan fingerprint density at radius 2 is 1.67 bits per heavy atom. The largest absolute Gasteiger partial charge is 0.380 e. The summed E-state index contributed by atoms with van der Waals surface area (Å²) in [5, 5.41) is 1.85. The summed E-state index contributed by atoms with van der Waals surface area (Å²) in [6.45, 7) is 5.33. The first-order chi connectivity index (χ1) is 7.41. The van der Waals surface area contributed by atoms with E-state index in [1.54, 1.807) is 11.8 Å². The number of ether oxygens (including phenoxy) is 1. The van der Waals surface area contributed by atoms with Gasteiger partial charge in [-0.2, -0.15) is 23.5 Å². The zero-order chi connectivity index (χ0) is 11.2. The molecule has 0 fully saturated rings. The SMILES string of the molecule is C=CSCCOCCSCCSCCCl. The molecule has 0 aliphatic heterocycles. The molecule has 90 valence electrons. The molecule has 0 N–H and O–H groups in total. The molecule has 0 amide bonds. The van der Waals surface area contributed by atoms with Gasteiger partial charge in [0.15, 0.2) is 0 Å². The Bertz CT molecular complexity index is 136. The zero-order valence-electron chi connectivity index (χ0n) is 8.95. The molecule has 0 unspecified atom stereocenters. The Balaban J connectivity index is 2.83. The lowest BCUT2D eigenvalue weighted by atomic mass is 10.8. The van der Waals surface area contributed by atoms with Crippen molar-refractivity contribution < 1.29 is 4.74 Å². The molecule has 0 aromatic rings. The van der Waals surface area contributed by atoms with Crippen LogP contribution in [0.5, 0.6) is 0 Å². The minimum Gasteiger partial charge on any atom is -0.380 e. The van der Waals surface area contributed by atoms with E-state index in [0.29, 0.717) is 0 Å². The molecule has 1 nitrogen and oxygen atoms in total. The third-order valence-corrected chi connectivity index (χ3v) is 4.67. The van der Waals surface area contributed by atoms with Gasteiger partial charge in [-0.3, -0.25) is 0 Å². The predicted molar refractivity (Wildman–Crippen MR) is 78.8 cm³/mol. The van der Waals surface area contributed by atoms with Crippen LogP contribution in [0.15, 0.2) is 12.0 Å². The van der Waals surface area contributed by atoms with Crippen molar-refractivity contribution in [1.29, 1.82) is 0 Å². The molecule has 0 rings (SSSR count). The summed E-state index contributed by atoms with van der Waals surface area (Å²) in [7, 11) is 0. The van der Waals surface area contributed by atoms with E-state index in [0.717, 1.165) is 36.4 Å². The van der Waals surface area contributed by atoms with Gasteiger partial charge < -0.3 is 4.74 Å². The maximum Gasteiger partial charge on any atom is 0.0560 e. The summed E-state index contributed by atoms with van der Waals surface area (Å²) in [4.78, 5) is 0. The van der Waals surface area contributed by atoms with Crippen molar-refractivity contribution in [2.75, 3.05) is 47.9 Å². The zero-order valence-corrected chi connectivity index (χ0v) is 12.2. The fourth-order valence-electron chi connectivity index (χ4n) is 0.787. The van der Waals surface area contributed by atoms with Gasteiger partial charge in [0.25, 0.3) is 0 Å². The molecule has 0 heterocycles. The van der Waals surface area contributed by atoms with E-state index in [2.05, 4.69) is 6.58 Å². The fraction of sp³-hybridized carbons (Fsp3) is 0.800. The molecule has 15 heavy (non-hydrogen) atoms. The first kappa shape index (κ1) is 16.0. The summed E-state index contributed by atoms with van der Waals surface area (Å²) >= 11 is 11.1. The molecular weight excluding hydrogens is 268 g/mol. The Labute approximate surface area is 111 Å². The Morgan fingerprint density at radius 3 is 2.33 bits per heavy atom. The molecule has 0 aromatic carbocycles. The molecule has 0 aliphatic carbocycles. The highest BCUT2D eigenvalue weighted by molar-refractivity contribution is 8.03. The quantitative estimate of drug-likeness (QED) is 0.400. The van der Waals surface area contributed by atoms with Gasteiger partial charge in [0, 0.05) is 34.6 Å². The lowest BCUT2D eigenvalue weighted by Gasteiger charge is -2.03. The van der Waals surface area contributed by atoms with Crippen LogP contribution in [-0.4, -0.2) is 47.9 Å². The van der Waals surface area contributed by atoms with Gasteiger partial charge in [-0.15, -0.1) is 23.4 Å². The van der Waals surface area contributed by atoms with Crippen LogP contribution in [0.25, 0.3) is 0 Å². The molecule has 0 saturated carbocycles. The highest BCUT2D eigenvalue weighted by Crippen LogP contribution is 2.07. The molecule has 0 saturated heterocycles. The Kier molecular flexibility index (Phi) is 16.1. The van der Waals surface area contributed by atoms with Gasteiger partial charge in [-0.05, 0) is 5.41 Å². The van der Waals surface area contributed by atoms with E-state index < -0.39 is 0 Å². The van der Waals surface area contributed by atoms with Crippen molar-refractivity contribution in [3.05, 3.63) is 12.0 Å². The second-order valence-electron chi connectivity index (χ2n) is 2.56. The van der Waals surface area contributed by atoms with E-state index in [-0.39, 0.29) is 0 Å². The molecule has 5 heteroatoms. The first-order valence-corrected chi connectivity index (χ1v) is 8.82. The van der Waals surface area contributed by atoms with Crippen LogP contribution in [0, 0.1) is 0 Å². The van der Waals surface area contributed by atoms with Crippen molar-refractivity contribution in [3.8, 4) is 0 Å². The summed E-state index contributed by atoms with van der Waals surface area (Å²) in [5.74, 6) is 6.34. The standard InChI is InChI=1S/C10H19ClOS3/c1-2-13-7-4-12-5-8-15-10-9-14-6-3-11/h2H,1,3-10H2. The van der Waals surface area contributed by atoms with Crippen LogP contribution in [0.3, 0.4) is 0 Å². The van der Waals surface area contributed by atoms with Crippen LogP contribution >= 0.6 is 46.9 Å². The number of rotatable bonds is 12.